The van der Waals surface area contributed by atoms with Crippen LogP contribution in [0.1, 0.15) is 36.1 Å². The summed E-state index contributed by atoms with van der Waals surface area (Å²) in [5, 5.41) is 79.4. The molecular formula is C31H34O10. The molecule has 8 unspecified atom stereocenters. The summed E-state index contributed by atoms with van der Waals surface area (Å²) in [6, 6.07) is 11.5. The summed E-state index contributed by atoms with van der Waals surface area (Å²) in [5.41, 5.74) is 4.98. The first kappa shape index (κ1) is 29.6. The largest absolute Gasteiger partial charge is 0.394 e. The van der Waals surface area contributed by atoms with E-state index in [1.54, 1.807) is 0 Å². The van der Waals surface area contributed by atoms with Gasteiger partial charge in [0.1, 0.15) is 61.0 Å². The molecule has 0 bridgehead atoms. The van der Waals surface area contributed by atoms with Gasteiger partial charge >= 0.3 is 0 Å². The lowest BCUT2D eigenvalue weighted by Gasteiger charge is -2.37. The van der Waals surface area contributed by atoms with Crippen molar-refractivity contribution in [2.24, 2.45) is 0 Å². The first-order valence-electron chi connectivity index (χ1n) is 13.4. The molecule has 0 aromatic heterocycles. The first-order valence-corrected chi connectivity index (χ1v) is 13.4. The van der Waals surface area contributed by atoms with Crippen molar-refractivity contribution in [1.29, 1.82) is 0 Å². The highest BCUT2D eigenvalue weighted by molar-refractivity contribution is 5.82. The van der Waals surface area contributed by atoms with Crippen LogP contribution in [0.25, 0.3) is 11.1 Å². The standard InChI is InChI=1S/C31H34O10/c1-31(2)19-11-15(5-9-21-25(34)29(38)27(36)23(13-32)40-21)3-7-17(19)18-8-4-16(12-20(18)31)6-10-22-26(35)30(39)28(37)24(14-33)41-22/h3-4,7-8,11-12,21-30,32-39H,13-14H2,1-2H3/t21?,22?,23?,24?,25?,26?,27-,28-,29?,30?/m1/s1. The SMILES string of the molecule is CC1(C)c2cc(C#CC3OC(CO)[C@@H](O)C(O)C3O)ccc2-c2ccc(C#CC3OC(CO)[C@@H](O)C(O)C3O)cc21. The zero-order valence-electron chi connectivity index (χ0n) is 22.5. The van der Waals surface area contributed by atoms with Gasteiger partial charge in [0.05, 0.1) is 13.2 Å². The molecular weight excluding hydrogens is 532 g/mol. The van der Waals surface area contributed by atoms with Crippen LogP contribution in [0.5, 0.6) is 0 Å². The van der Waals surface area contributed by atoms with Crippen LogP contribution in [0.3, 0.4) is 0 Å². The summed E-state index contributed by atoms with van der Waals surface area (Å²) in [5.74, 6) is 11.6. The van der Waals surface area contributed by atoms with Gasteiger partial charge in [-0.2, -0.15) is 0 Å². The molecule has 0 radical (unpaired) electrons. The van der Waals surface area contributed by atoms with E-state index >= 15 is 0 Å². The third kappa shape index (κ3) is 5.29. The third-order valence-corrected chi connectivity index (χ3v) is 8.18. The second kappa shape index (κ2) is 11.4. The van der Waals surface area contributed by atoms with Crippen molar-refractivity contribution in [3.63, 3.8) is 0 Å². The molecule has 5 rings (SSSR count). The van der Waals surface area contributed by atoms with E-state index in [0.717, 1.165) is 22.3 Å². The van der Waals surface area contributed by atoms with Crippen LogP contribution in [0.15, 0.2) is 36.4 Å². The van der Waals surface area contributed by atoms with Crippen molar-refractivity contribution in [3.8, 4) is 34.8 Å². The van der Waals surface area contributed by atoms with E-state index in [0.29, 0.717) is 11.1 Å². The van der Waals surface area contributed by atoms with Crippen LogP contribution in [0.2, 0.25) is 0 Å². The molecule has 10 heteroatoms. The van der Waals surface area contributed by atoms with Crippen molar-refractivity contribution < 1.29 is 50.3 Å². The van der Waals surface area contributed by atoms with Gasteiger partial charge < -0.3 is 50.3 Å². The maximum atomic E-state index is 10.3. The molecule has 2 fully saturated rings. The van der Waals surface area contributed by atoms with E-state index in [2.05, 4.69) is 37.5 Å². The van der Waals surface area contributed by atoms with Gasteiger partial charge in [-0.3, -0.25) is 0 Å². The number of fused-ring (bicyclic) bond motifs is 3. The highest BCUT2D eigenvalue weighted by atomic mass is 16.5. The number of aliphatic hydroxyl groups excluding tert-OH is 8. The van der Waals surface area contributed by atoms with E-state index in [-0.39, 0.29) is 0 Å². The van der Waals surface area contributed by atoms with Crippen molar-refractivity contribution in [1.82, 2.24) is 0 Å². The molecule has 10 nitrogen and oxygen atoms in total. The molecule has 2 saturated heterocycles. The van der Waals surface area contributed by atoms with Gasteiger partial charge in [0, 0.05) is 16.5 Å². The number of rotatable bonds is 2. The molecule has 218 valence electrons. The van der Waals surface area contributed by atoms with Gasteiger partial charge in [-0.25, -0.2) is 0 Å². The topological polar surface area (TPSA) is 180 Å². The second-order valence-corrected chi connectivity index (χ2v) is 11.2. The Morgan fingerprint density at radius 1 is 0.610 bits per heavy atom. The van der Waals surface area contributed by atoms with Crippen molar-refractivity contribution >= 4 is 0 Å². The maximum Gasteiger partial charge on any atom is 0.147 e. The quantitative estimate of drug-likeness (QED) is 0.197. The Kier molecular flexibility index (Phi) is 8.27. The molecule has 10 atom stereocenters. The lowest BCUT2D eigenvalue weighted by atomic mass is 9.81. The van der Waals surface area contributed by atoms with Crippen molar-refractivity contribution in [2.75, 3.05) is 13.2 Å². The van der Waals surface area contributed by atoms with Crippen LogP contribution in [-0.2, 0) is 14.9 Å². The van der Waals surface area contributed by atoms with Gasteiger partial charge in [0.25, 0.3) is 0 Å². The van der Waals surface area contributed by atoms with Crippen molar-refractivity contribution in [2.45, 2.75) is 80.3 Å². The van der Waals surface area contributed by atoms with E-state index < -0.39 is 79.7 Å². The zero-order chi connectivity index (χ0) is 29.6. The highest BCUT2D eigenvalue weighted by Gasteiger charge is 2.44. The second-order valence-electron chi connectivity index (χ2n) is 11.2. The Morgan fingerprint density at radius 2 is 1.00 bits per heavy atom. The molecule has 2 aliphatic heterocycles. The minimum Gasteiger partial charge on any atom is -0.394 e. The van der Waals surface area contributed by atoms with Gasteiger partial charge in [-0.1, -0.05) is 49.7 Å². The number of ether oxygens (including phenoxy) is 2. The minimum atomic E-state index is -1.49. The van der Waals surface area contributed by atoms with Crippen LogP contribution in [-0.4, -0.2) is 115 Å². The molecule has 0 saturated carbocycles. The molecule has 0 amide bonds. The number of benzene rings is 2. The highest BCUT2D eigenvalue weighted by Crippen LogP contribution is 2.49. The first-order chi connectivity index (χ1) is 19.5. The van der Waals surface area contributed by atoms with Gasteiger partial charge in [0.15, 0.2) is 0 Å². The third-order valence-electron chi connectivity index (χ3n) is 8.18. The Bertz CT molecular complexity index is 1310. The Balaban J connectivity index is 1.39. The maximum absolute atomic E-state index is 10.3. The summed E-state index contributed by atoms with van der Waals surface area (Å²) < 4.78 is 11.0. The normalized spacial score (nSPS) is 35.4. The predicted molar refractivity (Wildman–Crippen MR) is 145 cm³/mol. The molecule has 0 spiro atoms. The zero-order valence-corrected chi connectivity index (χ0v) is 22.5. The number of hydrogen-bond acceptors (Lipinski definition) is 10. The molecule has 3 aliphatic rings. The van der Waals surface area contributed by atoms with E-state index in [1.165, 1.54) is 0 Å². The Morgan fingerprint density at radius 3 is 1.37 bits per heavy atom. The molecule has 8 N–H and O–H groups in total. The minimum absolute atomic E-state index is 0.424. The lowest BCUT2D eigenvalue weighted by molar-refractivity contribution is -0.214. The van der Waals surface area contributed by atoms with Crippen LogP contribution in [0, 0.1) is 23.7 Å². The Labute approximate surface area is 237 Å². The molecule has 2 aromatic rings. The monoisotopic (exact) mass is 566 g/mol. The number of hydrogen-bond donors (Lipinski definition) is 8. The van der Waals surface area contributed by atoms with Crippen LogP contribution >= 0.6 is 0 Å². The molecule has 41 heavy (non-hydrogen) atoms. The average molecular weight is 567 g/mol. The summed E-state index contributed by atoms with van der Waals surface area (Å²) >= 11 is 0. The summed E-state index contributed by atoms with van der Waals surface area (Å²) in [7, 11) is 0. The fourth-order valence-corrected chi connectivity index (χ4v) is 5.64. The van der Waals surface area contributed by atoms with Gasteiger partial charge in [-0.05, 0) is 46.5 Å². The molecule has 2 heterocycles. The molecule has 1 aliphatic carbocycles. The van der Waals surface area contributed by atoms with Gasteiger partial charge in [0.2, 0.25) is 0 Å². The van der Waals surface area contributed by atoms with Crippen LogP contribution in [0.4, 0.5) is 0 Å². The number of aliphatic hydroxyl groups is 8. The Hall–Kier alpha value is -2.84. The fraction of sp³-hybridized carbons (Fsp3) is 0.484. The summed E-state index contributed by atoms with van der Waals surface area (Å²) in [4.78, 5) is 0. The van der Waals surface area contributed by atoms with E-state index in [4.69, 9.17) is 9.47 Å². The van der Waals surface area contributed by atoms with E-state index in [1.807, 2.05) is 36.4 Å². The summed E-state index contributed by atoms with van der Waals surface area (Å²) in [6.45, 7) is 3.09. The fourth-order valence-electron chi connectivity index (χ4n) is 5.64. The van der Waals surface area contributed by atoms with Crippen LogP contribution < -0.4 is 0 Å². The predicted octanol–water partition coefficient (Wildman–Crippen LogP) is -1.62. The van der Waals surface area contributed by atoms with Gasteiger partial charge in [-0.15, -0.1) is 0 Å². The summed E-state index contributed by atoms with van der Waals surface area (Å²) in [6.07, 6.45) is -13.0. The lowest BCUT2D eigenvalue weighted by Crippen LogP contribution is -2.58. The van der Waals surface area contributed by atoms with E-state index in [9.17, 15) is 40.9 Å². The average Bonchev–Trinajstić information content (AvgIpc) is 3.19. The smallest absolute Gasteiger partial charge is 0.147 e. The molecule has 2 aromatic carbocycles. The van der Waals surface area contributed by atoms with Crippen molar-refractivity contribution in [3.05, 3.63) is 58.7 Å².